The molecular weight excluding hydrogens is 252 g/mol. The second kappa shape index (κ2) is 4.99. The van der Waals surface area contributed by atoms with Crippen molar-refractivity contribution in [3.63, 3.8) is 0 Å². The lowest BCUT2D eigenvalue weighted by atomic mass is 10.0. The normalized spacial score (nSPS) is 29.1. The van der Waals surface area contributed by atoms with Crippen LogP contribution in [0.5, 0.6) is 0 Å². The quantitative estimate of drug-likeness (QED) is 0.811. The molecule has 6 heteroatoms. The summed E-state index contributed by atoms with van der Waals surface area (Å²) in [5, 5.41) is 12.0. The number of rotatable bonds is 4. The van der Waals surface area contributed by atoms with Gasteiger partial charge in [-0.3, -0.25) is 4.79 Å². The van der Waals surface area contributed by atoms with Crippen LogP contribution in [0.15, 0.2) is 0 Å². The molecule has 0 bridgehead atoms. The molecule has 1 aliphatic carbocycles. The van der Waals surface area contributed by atoms with E-state index in [9.17, 15) is 9.59 Å². The average molecular weight is 272 g/mol. The molecule has 1 aliphatic heterocycles. The predicted octanol–water partition coefficient (Wildman–Crippen LogP) is 1.39. The molecule has 18 heavy (non-hydrogen) atoms. The topological polar surface area (TPSA) is 69.6 Å². The number of carbonyl (C=O) groups is 2. The molecule has 2 unspecified atom stereocenters. The summed E-state index contributed by atoms with van der Waals surface area (Å²) in [5.41, 5.74) is 0. The lowest BCUT2D eigenvalue weighted by molar-refractivity contribution is -0.142. The molecule has 0 aromatic rings. The van der Waals surface area contributed by atoms with Crippen molar-refractivity contribution in [2.24, 2.45) is 5.92 Å². The number of aliphatic carboxylic acids is 1. The Kier molecular flexibility index (Phi) is 3.75. The van der Waals surface area contributed by atoms with Crippen LogP contribution in [0.3, 0.4) is 0 Å². The van der Waals surface area contributed by atoms with Crippen molar-refractivity contribution in [1.29, 1.82) is 0 Å². The minimum Gasteiger partial charge on any atom is -0.481 e. The highest BCUT2D eigenvalue weighted by molar-refractivity contribution is 8.00. The van der Waals surface area contributed by atoms with Gasteiger partial charge in [0.1, 0.15) is 0 Å². The van der Waals surface area contributed by atoms with E-state index in [-0.39, 0.29) is 16.8 Å². The number of hydrogen-bond donors (Lipinski definition) is 2. The van der Waals surface area contributed by atoms with Gasteiger partial charge in [0.15, 0.2) is 0 Å². The number of nitrogens with zero attached hydrogens (tertiary/aromatic N) is 1. The Labute approximate surface area is 111 Å². The lowest BCUT2D eigenvalue weighted by Gasteiger charge is -2.24. The number of thioether (sulfide) groups is 1. The largest absolute Gasteiger partial charge is 0.481 e. The second-order valence-electron chi connectivity index (χ2n) is 5.21. The lowest BCUT2D eigenvalue weighted by Crippen LogP contribution is -2.45. The zero-order valence-corrected chi connectivity index (χ0v) is 11.6. The maximum absolute atomic E-state index is 12.0. The van der Waals surface area contributed by atoms with E-state index in [1.54, 1.807) is 16.7 Å². The van der Waals surface area contributed by atoms with Crippen LogP contribution in [0.2, 0.25) is 0 Å². The smallest absolute Gasteiger partial charge is 0.317 e. The molecule has 5 nitrogen and oxygen atoms in total. The van der Waals surface area contributed by atoms with E-state index >= 15 is 0 Å². The predicted molar refractivity (Wildman–Crippen MR) is 70.8 cm³/mol. The van der Waals surface area contributed by atoms with E-state index in [2.05, 4.69) is 11.6 Å². The Balaban J connectivity index is 1.85. The standard InChI is InChI=1S/C12H20N2O3S/c1-8-9(10(15)16)3-6-14(8)11(17)13-7-12(18-2)4-5-12/h8-9H,3-7H2,1-2H3,(H,13,17)(H,15,16). The Morgan fingerprint density at radius 1 is 1.50 bits per heavy atom. The number of carboxylic acid groups (broad SMARTS) is 1. The molecule has 2 amide bonds. The third-order valence-corrected chi connectivity index (χ3v) is 5.55. The number of carbonyl (C=O) groups excluding carboxylic acids is 1. The molecule has 2 rings (SSSR count). The first-order chi connectivity index (χ1) is 8.49. The Morgan fingerprint density at radius 3 is 2.61 bits per heavy atom. The number of urea groups is 1. The monoisotopic (exact) mass is 272 g/mol. The highest BCUT2D eigenvalue weighted by Crippen LogP contribution is 2.46. The molecule has 2 atom stereocenters. The zero-order valence-electron chi connectivity index (χ0n) is 10.8. The first-order valence-corrected chi connectivity index (χ1v) is 7.54. The van der Waals surface area contributed by atoms with Gasteiger partial charge >= 0.3 is 12.0 Å². The molecule has 0 spiro atoms. The molecule has 0 aromatic carbocycles. The summed E-state index contributed by atoms with van der Waals surface area (Å²) < 4.78 is 0.241. The fourth-order valence-corrected chi connectivity index (χ4v) is 3.21. The van der Waals surface area contributed by atoms with Crippen LogP contribution >= 0.6 is 11.8 Å². The third kappa shape index (κ3) is 2.58. The Bertz CT molecular complexity index is 357. The third-order valence-electron chi connectivity index (χ3n) is 4.14. The van der Waals surface area contributed by atoms with Crippen LogP contribution in [0, 0.1) is 5.92 Å². The molecule has 0 aromatic heterocycles. The van der Waals surface area contributed by atoms with Crippen LogP contribution in [-0.4, -0.2) is 52.1 Å². The second-order valence-corrected chi connectivity index (χ2v) is 6.49. The summed E-state index contributed by atoms with van der Waals surface area (Å²) in [7, 11) is 0. The van der Waals surface area contributed by atoms with Crippen molar-refractivity contribution in [3.05, 3.63) is 0 Å². The van der Waals surface area contributed by atoms with Crippen molar-refractivity contribution in [2.45, 2.75) is 37.0 Å². The van der Waals surface area contributed by atoms with Crippen molar-refractivity contribution < 1.29 is 14.7 Å². The molecule has 2 N–H and O–H groups in total. The van der Waals surface area contributed by atoms with Gasteiger partial charge in [-0.05, 0) is 32.4 Å². The number of hydrogen-bond acceptors (Lipinski definition) is 3. The molecule has 1 heterocycles. The van der Waals surface area contributed by atoms with Gasteiger partial charge < -0.3 is 15.3 Å². The van der Waals surface area contributed by atoms with Crippen molar-refractivity contribution >= 4 is 23.8 Å². The van der Waals surface area contributed by atoms with Gasteiger partial charge in [0, 0.05) is 23.9 Å². The summed E-state index contributed by atoms with van der Waals surface area (Å²) in [4.78, 5) is 24.7. The highest BCUT2D eigenvalue weighted by Gasteiger charge is 2.43. The van der Waals surface area contributed by atoms with Gasteiger partial charge in [-0.2, -0.15) is 11.8 Å². The van der Waals surface area contributed by atoms with E-state index < -0.39 is 11.9 Å². The van der Waals surface area contributed by atoms with E-state index in [1.807, 2.05) is 6.92 Å². The Morgan fingerprint density at radius 2 is 2.17 bits per heavy atom. The molecule has 102 valence electrons. The summed E-state index contributed by atoms with van der Waals surface area (Å²) in [6.45, 7) is 3.04. The summed E-state index contributed by atoms with van der Waals surface area (Å²) in [6.07, 6.45) is 4.93. The Hall–Kier alpha value is -0.910. The van der Waals surface area contributed by atoms with Crippen molar-refractivity contribution in [3.8, 4) is 0 Å². The molecule has 2 aliphatic rings. The SMILES string of the molecule is CSC1(CNC(=O)N2CCC(C(=O)O)C2C)CC1. The number of carboxylic acids is 1. The van der Waals surface area contributed by atoms with Crippen LogP contribution in [0.25, 0.3) is 0 Å². The molecule has 1 saturated heterocycles. The molecule has 1 saturated carbocycles. The molecular formula is C12H20N2O3S. The van der Waals surface area contributed by atoms with Gasteiger partial charge in [0.05, 0.1) is 5.92 Å². The van der Waals surface area contributed by atoms with Crippen molar-refractivity contribution in [2.75, 3.05) is 19.3 Å². The summed E-state index contributed by atoms with van der Waals surface area (Å²) in [6, 6.07) is -0.335. The van der Waals surface area contributed by atoms with Gasteiger partial charge in [0.25, 0.3) is 0 Å². The minimum atomic E-state index is -0.805. The fraction of sp³-hybridized carbons (Fsp3) is 0.833. The van der Waals surface area contributed by atoms with Gasteiger partial charge in [-0.15, -0.1) is 0 Å². The van der Waals surface area contributed by atoms with Gasteiger partial charge in [0.2, 0.25) is 0 Å². The van der Waals surface area contributed by atoms with Crippen LogP contribution in [-0.2, 0) is 4.79 Å². The number of likely N-dealkylation sites (tertiary alicyclic amines) is 1. The van der Waals surface area contributed by atoms with Crippen LogP contribution in [0.1, 0.15) is 26.2 Å². The number of nitrogens with one attached hydrogen (secondary N) is 1. The maximum Gasteiger partial charge on any atom is 0.317 e. The van der Waals surface area contributed by atoms with Crippen molar-refractivity contribution in [1.82, 2.24) is 10.2 Å². The van der Waals surface area contributed by atoms with E-state index in [4.69, 9.17) is 5.11 Å². The minimum absolute atomic E-state index is 0.119. The highest BCUT2D eigenvalue weighted by atomic mass is 32.2. The van der Waals surface area contributed by atoms with Crippen LogP contribution in [0.4, 0.5) is 4.79 Å². The van der Waals surface area contributed by atoms with E-state index in [0.29, 0.717) is 19.5 Å². The maximum atomic E-state index is 12.0. The van der Waals surface area contributed by atoms with Crippen LogP contribution < -0.4 is 5.32 Å². The van der Waals surface area contributed by atoms with E-state index in [0.717, 1.165) is 12.8 Å². The fourth-order valence-electron chi connectivity index (χ4n) is 2.49. The first kappa shape index (κ1) is 13.5. The summed E-state index contributed by atoms with van der Waals surface area (Å²) >= 11 is 1.80. The zero-order chi connectivity index (χ0) is 13.3. The summed E-state index contributed by atoms with van der Waals surface area (Å²) in [5.74, 6) is -1.23. The number of amides is 2. The molecule has 2 fully saturated rings. The van der Waals surface area contributed by atoms with Gasteiger partial charge in [-0.25, -0.2) is 4.79 Å². The first-order valence-electron chi connectivity index (χ1n) is 6.31. The molecule has 0 radical (unpaired) electrons. The van der Waals surface area contributed by atoms with Gasteiger partial charge in [-0.1, -0.05) is 0 Å². The van der Waals surface area contributed by atoms with E-state index in [1.165, 1.54) is 0 Å². The average Bonchev–Trinajstić information content (AvgIpc) is 3.02.